The number of esters is 1. The van der Waals surface area contributed by atoms with Crippen LogP contribution < -0.4 is 5.32 Å². The highest BCUT2D eigenvalue weighted by Gasteiger charge is 2.18. The van der Waals surface area contributed by atoms with Crippen molar-refractivity contribution < 1.29 is 24.5 Å². The number of nitrogens with one attached hydrogen (secondary N) is 1. The van der Waals surface area contributed by atoms with Gasteiger partial charge in [-0.2, -0.15) is 0 Å². The van der Waals surface area contributed by atoms with E-state index in [9.17, 15) is 19.8 Å². The molecule has 0 saturated carbocycles. The van der Waals surface area contributed by atoms with E-state index in [2.05, 4.69) is 43.5 Å². The molecule has 3 N–H and O–H groups in total. The molecule has 6 heteroatoms. The number of unbranched alkanes of at least 4 members (excludes halogenated alkanes) is 53. The van der Waals surface area contributed by atoms with Crippen LogP contribution in [-0.2, 0) is 14.3 Å². The molecule has 0 aromatic rings. The minimum Gasteiger partial charge on any atom is -0.466 e. The van der Waals surface area contributed by atoms with Gasteiger partial charge in [-0.3, -0.25) is 9.59 Å². The Bertz CT molecular complexity index is 1300. The van der Waals surface area contributed by atoms with Crippen LogP contribution in [0.15, 0.2) is 36.5 Å². The third-order valence-electron chi connectivity index (χ3n) is 16.9. The lowest BCUT2D eigenvalue weighted by Crippen LogP contribution is -2.45. The Balaban J connectivity index is 3.36. The molecule has 0 spiro atoms. The summed E-state index contributed by atoms with van der Waals surface area (Å²) < 4.78 is 5.49. The van der Waals surface area contributed by atoms with Gasteiger partial charge in [0.05, 0.1) is 25.4 Å². The van der Waals surface area contributed by atoms with Crippen molar-refractivity contribution in [2.45, 2.75) is 411 Å². The second kappa shape index (κ2) is 69.6. The van der Waals surface area contributed by atoms with Crippen LogP contribution in [-0.4, -0.2) is 47.4 Å². The molecular weight excluding hydrogens is 983 g/mol. The summed E-state index contributed by atoms with van der Waals surface area (Å²) in [6.07, 6.45) is 89.5. The Morgan fingerprint density at radius 1 is 0.338 bits per heavy atom. The van der Waals surface area contributed by atoms with Gasteiger partial charge in [0.25, 0.3) is 0 Å². The smallest absolute Gasteiger partial charge is 0.305 e. The SMILES string of the molecule is CCCCCCC/C=C\CCCCCCCC(=O)OCCCCCCCCCCCCCC/C=C\CCCCCCCCCCCCCCCCCCCC(=O)NC(CO)C(O)/C=C/CCCCCCCCCCCCCCCC. The summed E-state index contributed by atoms with van der Waals surface area (Å²) in [5, 5.41) is 23.2. The Labute approximate surface area is 500 Å². The topological polar surface area (TPSA) is 95.9 Å². The molecule has 0 aromatic carbocycles. The number of amides is 1. The first kappa shape index (κ1) is 78.1. The van der Waals surface area contributed by atoms with Crippen LogP contribution in [0.25, 0.3) is 0 Å². The maximum Gasteiger partial charge on any atom is 0.305 e. The van der Waals surface area contributed by atoms with E-state index in [-0.39, 0.29) is 18.5 Å². The highest BCUT2D eigenvalue weighted by Crippen LogP contribution is 2.18. The summed E-state index contributed by atoms with van der Waals surface area (Å²) in [4.78, 5) is 24.6. The van der Waals surface area contributed by atoms with Gasteiger partial charge < -0.3 is 20.3 Å². The normalized spacial score (nSPS) is 12.7. The molecule has 0 heterocycles. The summed E-state index contributed by atoms with van der Waals surface area (Å²) in [7, 11) is 0. The van der Waals surface area contributed by atoms with Crippen molar-refractivity contribution in [3.63, 3.8) is 0 Å². The van der Waals surface area contributed by atoms with Gasteiger partial charge in [0.15, 0.2) is 0 Å². The summed E-state index contributed by atoms with van der Waals surface area (Å²) in [5.74, 6) is -0.0520. The zero-order valence-corrected chi connectivity index (χ0v) is 54.1. The van der Waals surface area contributed by atoms with Crippen molar-refractivity contribution in [2.24, 2.45) is 0 Å². The van der Waals surface area contributed by atoms with E-state index in [1.54, 1.807) is 6.08 Å². The fourth-order valence-electron chi connectivity index (χ4n) is 11.3. The van der Waals surface area contributed by atoms with Crippen LogP contribution in [0.5, 0.6) is 0 Å². The van der Waals surface area contributed by atoms with Crippen molar-refractivity contribution in [1.29, 1.82) is 0 Å². The minimum atomic E-state index is -0.842. The van der Waals surface area contributed by atoms with Crippen LogP contribution in [0.1, 0.15) is 399 Å². The lowest BCUT2D eigenvalue weighted by atomic mass is 10.0. The number of aliphatic hydroxyl groups excluding tert-OH is 2. The Kier molecular flexibility index (Phi) is 67.9. The Hall–Kier alpha value is -1.92. The first-order chi connectivity index (χ1) is 39.5. The van der Waals surface area contributed by atoms with E-state index >= 15 is 0 Å². The summed E-state index contributed by atoms with van der Waals surface area (Å²) >= 11 is 0. The van der Waals surface area contributed by atoms with Crippen LogP contribution >= 0.6 is 0 Å². The lowest BCUT2D eigenvalue weighted by Gasteiger charge is -2.20. The third-order valence-corrected chi connectivity index (χ3v) is 16.9. The Morgan fingerprint density at radius 3 is 0.887 bits per heavy atom. The summed E-state index contributed by atoms with van der Waals surface area (Å²) in [5.41, 5.74) is 0. The zero-order valence-electron chi connectivity index (χ0n) is 54.1. The van der Waals surface area contributed by atoms with E-state index in [0.29, 0.717) is 19.4 Å². The number of aliphatic hydroxyl groups is 2. The highest BCUT2D eigenvalue weighted by atomic mass is 16.5. The second-order valence-electron chi connectivity index (χ2n) is 24.9. The maximum absolute atomic E-state index is 12.5. The molecule has 0 saturated heterocycles. The quantitative estimate of drug-likeness (QED) is 0.0320. The maximum atomic E-state index is 12.5. The number of ether oxygens (including phenoxy) is 1. The first-order valence-electron chi connectivity index (χ1n) is 36.3. The van der Waals surface area contributed by atoms with Gasteiger partial charge in [-0.15, -0.1) is 0 Å². The third kappa shape index (κ3) is 65.2. The number of hydrogen-bond acceptors (Lipinski definition) is 5. The molecule has 2 unspecified atom stereocenters. The average Bonchev–Trinajstić information content (AvgIpc) is 3.46. The second-order valence-corrected chi connectivity index (χ2v) is 24.9. The predicted octanol–water partition coefficient (Wildman–Crippen LogP) is 23.5. The van der Waals surface area contributed by atoms with E-state index in [1.165, 1.54) is 327 Å². The molecular formula is C74H141NO5. The Morgan fingerprint density at radius 2 is 0.588 bits per heavy atom. The zero-order chi connectivity index (χ0) is 57.8. The molecule has 0 aliphatic rings. The van der Waals surface area contributed by atoms with Gasteiger partial charge >= 0.3 is 5.97 Å². The first-order valence-corrected chi connectivity index (χ1v) is 36.3. The van der Waals surface area contributed by atoms with E-state index in [4.69, 9.17) is 4.74 Å². The molecule has 0 rings (SSSR count). The van der Waals surface area contributed by atoms with Gasteiger partial charge in [-0.1, -0.05) is 339 Å². The van der Waals surface area contributed by atoms with Gasteiger partial charge in [-0.25, -0.2) is 0 Å². The standard InChI is InChI=1S/C74H141NO5/c1-3-5-7-9-11-13-15-17-19-39-42-46-50-54-58-62-66-72(77)71(70-76)75-73(78)67-63-59-55-51-47-43-40-37-35-33-31-29-27-25-23-21-20-22-24-26-28-30-32-34-36-38-41-45-49-53-57-61-65-69-80-74(79)68-64-60-56-52-48-44-18-16-14-12-10-8-6-4-2/h16,18,24,26,62,66,71-72,76-77H,3-15,17,19-23,25,27-61,63-65,67-70H2,1-2H3,(H,75,78)/b18-16-,26-24-,66-62+. The van der Waals surface area contributed by atoms with Crippen molar-refractivity contribution in [3.8, 4) is 0 Å². The van der Waals surface area contributed by atoms with Crippen molar-refractivity contribution in [3.05, 3.63) is 36.5 Å². The molecule has 6 nitrogen and oxygen atoms in total. The minimum absolute atomic E-state index is 0.0102. The molecule has 1 amide bonds. The van der Waals surface area contributed by atoms with Gasteiger partial charge in [-0.05, 0) is 83.5 Å². The molecule has 0 aromatic heterocycles. The van der Waals surface area contributed by atoms with Crippen LogP contribution in [0.2, 0.25) is 0 Å². The van der Waals surface area contributed by atoms with Crippen LogP contribution in [0.4, 0.5) is 0 Å². The summed E-state index contributed by atoms with van der Waals surface area (Å²) in [6.45, 7) is 4.92. The van der Waals surface area contributed by atoms with Crippen LogP contribution in [0, 0.1) is 0 Å². The summed E-state index contributed by atoms with van der Waals surface area (Å²) in [6, 6.07) is -0.626. The van der Waals surface area contributed by atoms with E-state index in [1.807, 2.05) is 6.08 Å². The largest absolute Gasteiger partial charge is 0.466 e. The van der Waals surface area contributed by atoms with Gasteiger partial charge in [0, 0.05) is 12.8 Å². The molecule has 0 fully saturated rings. The van der Waals surface area contributed by atoms with Gasteiger partial charge in [0.1, 0.15) is 0 Å². The van der Waals surface area contributed by atoms with Crippen LogP contribution in [0.3, 0.4) is 0 Å². The molecule has 2 atom stereocenters. The van der Waals surface area contributed by atoms with Crippen molar-refractivity contribution in [2.75, 3.05) is 13.2 Å². The molecule has 0 aliphatic carbocycles. The number of carbonyl (C=O) groups excluding carboxylic acids is 2. The van der Waals surface area contributed by atoms with E-state index < -0.39 is 12.1 Å². The van der Waals surface area contributed by atoms with Gasteiger partial charge in [0.2, 0.25) is 5.91 Å². The fraction of sp³-hybridized carbons (Fsp3) is 0.892. The number of hydrogen-bond donors (Lipinski definition) is 3. The molecule has 80 heavy (non-hydrogen) atoms. The van der Waals surface area contributed by atoms with E-state index in [0.717, 1.165) is 44.9 Å². The fourth-order valence-corrected chi connectivity index (χ4v) is 11.3. The highest BCUT2D eigenvalue weighted by molar-refractivity contribution is 5.76. The molecule has 472 valence electrons. The van der Waals surface area contributed by atoms with Crippen molar-refractivity contribution >= 4 is 11.9 Å². The molecule has 0 aliphatic heterocycles. The predicted molar refractivity (Wildman–Crippen MR) is 352 cm³/mol. The average molecular weight is 1120 g/mol. The monoisotopic (exact) mass is 1120 g/mol. The molecule has 0 radical (unpaired) electrons. The van der Waals surface area contributed by atoms with Crippen molar-refractivity contribution in [1.82, 2.24) is 5.32 Å². The number of carbonyl (C=O) groups is 2. The number of allylic oxidation sites excluding steroid dienone is 5. The number of rotatable bonds is 68. The lowest BCUT2D eigenvalue weighted by molar-refractivity contribution is -0.143. The molecule has 0 bridgehead atoms.